The van der Waals surface area contributed by atoms with Crippen LogP contribution >= 0.6 is 7.82 Å². The van der Waals surface area contributed by atoms with Crippen LogP contribution in [0.15, 0.2) is 73.3 Å². The van der Waals surface area contributed by atoms with Crippen LogP contribution in [0.25, 0.3) is 0 Å². The summed E-state index contributed by atoms with van der Waals surface area (Å²) in [4.78, 5) is 0. The molecule has 2 rings (SSSR count). The molecule has 5 nitrogen and oxygen atoms in total. The summed E-state index contributed by atoms with van der Waals surface area (Å²) >= 11 is 0. The van der Waals surface area contributed by atoms with E-state index in [1.54, 1.807) is 0 Å². The predicted molar refractivity (Wildman–Crippen MR) is 104 cm³/mol. The first-order valence-electron chi connectivity index (χ1n) is 8.65. The third-order valence-electron chi connectivity index (χ3n) is 3.52. The van der Waals surface area contributed by atoms with Crippen molar-refractivity contribution in [3.63, 3.8) is 0 Å². The zero-order valence-electron chi connectivity index (χ0n) is 14.9. The summed E-state index contributed by atoms with van der Waals surface area (Å²) in [7, 11) is -3.67. The summed E-state index contributed by atoms with van der Waals surface area (Å²) in [6, 6.07) is 19.0. The first-order chi connectivity index (χ1) is 12.7. The van der Waals surface area contributed by atoms with Gasteiger partial charge >= 0.3 is 7.82 Å². The minimum Gasteiger partial charge on any atom is -0.314 e. The number of phosphoric acid groups is 1. The standard InChI is InChI=1S/C20H26NO4P/c1-2-3-14-21-15-16-23-26(22,24-17-19-10-6-4-7-11-19)25-18-20-12-8-5-9-13-20/h2,4-13,21H,1,3,14-18H2. The number of phosphoric ester groups is 1. The van der Waals surface area contributed by atoms with Crippen LogP contribution in [0.4, 0.5) is 0 Å². The maximum Gasteiger partial charge on any atom is 0.475 e. The Balaban J connectivity index is 1.88. The zero-order valence-corrected chi connectivity index (χ0v) is 15.8. The molecule has 0 unspecified atom stereocenters. The van der Waals surface area contributed by atoms with Crippen molar-refractivity contribution in [2.24, 2.45) is 0 Å². The van der Waals surface area contributed by atoms with Crippen LogP contribution < -0.4 is 5.32 Å². The highest BCUT2D eigenvalue weighted by atomic mass is 31.2. The van der Waals surface area contributed by atoms with Crippen LogP contribution in [-0.4, -0.2) is 19.7 Å². The van der Waals surface area contributed by atoms with Crippen LogP contribution in [-0.2, 0) is 31.4 Å². The van der Waals surface area contributed by atoms with E-state index < -0.39 is 7.82 Å². The van der Waals surface area contributed by atoms with Crippen molar-refractivity contribution < 1.29 is 18.1 Å². The monoisotopic (exact) mass is 375 g/mol. The third kappa shape index (κ3) is 8.09. The van der Waals surface area contributed by atoms with Gasteiger partial charge < -0.3 is 5.32 Å². The van der Waals surface area contributed by atoms with Gasteiger partial charge in [-0.15, -0.1) is 6.58 Å². The molecular weight excluding hydrogens is 349 g/mol. The number of nitrogens with one attached hydrogen (secondary N) is 1. The molecule has 0 aliphatic rings. The van der Waals surface area contributed by atoms with Crippen LogP contribution in [0.2, 0.25) is 0 Å². The predicted octanol–water partition coefficient (Wildman–Crippen LogP) is 4.71. The van der Waals surface area contributed by atoms with Gasteiger partial charge in [-0.05, 0) is 24.1 Å². The number of rotatable bonds is 13. The molecule has 2 aromatic rings. The second-order valence-corrected chi connectivity index (χ2v) is 7.29. The molecule has 0 spiro atoms. The molecule has 0 radical (unpaired) electrons. The number of benzene rings is 2. The van der Waals surface area contributed by atoms with E-state index in [1.165, 1.54) is 0 Å². The fraction of sp³-hybridized carbons (Fsp3) is 0.300. The number of hydrogen-bond donors (Lipinski definition) is 1. The van der Waals surface area contributed by atoms with Gasteiger partial charge in [0.2, 0.25) is 0 Å². The Morgan fingerprint density at radius 2 is 1.38 bits per heavy atom. The molecule has 6 heteroatoms. The van der Waals surface area contributed by atoms with Crippen LogP contribution in [0, 0.1) is 0 Å². The van der Waals surface area contributed by atoms with Crippen molar-refractivity contribution in [1.29, 1.82) is 0 Å². The van der Waals surface area contributed by atoms with Crippen molar-refractivity contribution in [1.82, 2.24) is 5.32 Å². The smallest absolute Gasteiger partial charge is 0.314 e. The van der Waals surface area contributed by atoms with E-state index in [4.69, 9.17) is 13.6 Å². The minimum atomic E-state index is -3.67. The Morgan fingerprint density at radius 1 is 0.846 bits per heavy atom. The lowest BCUT2D eigenvalue weighted by molar-refractivity contribution is 0.103. The first-order valence-corrected chi connectivity index (χ1v) is 10.1. The third-order valence-corrected chi connectivity index (χ3v) is 4.91. The maximum atomic E-state index is 12.9. The molecule has 0 saturated heterocycles. The van der Waals surface area contributed by atoms with Crippen molar-refractivity contribution >= 4 is 7.82 Å². The molecule has 0 atom stereocenters. The average Bonchev–Trinajstić information content (AvgIpc) is 2.69. The second kappa shape index (κ2) is 11.8. The van der Waals surface area contributed by atoms with Crippen LogP contribution in [0.3, 0.4) is 0 Å². The lowest BCUT2D eigenvalue weighted by Crippen LogP contribution is -2.20. The molecule has 0 heterocycles. The Labute approximate surface area is 155 Å². The normalized spacial score (nSPS) is 11.4. The largest absolute Gasteiger partial charge is 0.475 e. The molecule has 0 aromatic heterocycles. The highest BCUT2D eigenvalue weighted by Crippen LogP contribution is 2.50. The molecule has 0 aliphatic heterocycles. The topological polar surface area (TPSA) is 56.8 Å². The van der Waals surface area contributed by atoms with Crippen molar-refractivity contribution in [3.05, 3.63) is 84.4 Å². The average molecular weight is 375 g/mol. The van der Waals surface area contributed by atoms with E-state index in [9.17, 15) is 4.57 Å². The van der Waals surface area contributed by atoms with E-state index in [0.29, 0.717) is 6.54 Å². The lowest BCUT2D eigenvalue weighted by Gasteiger charge is -2.18. The maximum absolute atomic E-state index is 12.9. The van der Waals surface area contributed by atoms with Crippen molar-refractivity contribution in [2.45, 2.75) is 19.6 Å². The minimum absolute atomic E-state index is 0.163. The van der Waals surface area contributed by atoms with Gasteiger partial charge in [0.1, 0.15) is 0 Å². The summed E-state index contributed by atoms with van der Waals surface area (Å²) in [5.41, 5.74) is 1.81. The molecule has 0 aliphatic carbocycles. The van der Waals surface area contributed by atoms with Crippen molar-refractivity contribution in [2.75, 3.05) is 19.7 Å². The van der Waals surface area contributed by atoms with E-state index in [1.807, 2.05) is 66.7 Å². The van der Waals surface area contributed by atoms with E-state index >= 15 is 0 Å². The molecule has 1 N–H and O–H groups in total. The van der Waals surface area contributed by atoms with E-state index in [2.05, 4.69) is 11.9 Å². The van der Waals surface area contributed by atoms with Gasteiger partial charge in [0, 0.05) is 6.54 Å². The van der Waals surface area contributed by atoms with Crippen LogP contribution in [0.5, 0.6) is 0 Å². The molecular formula is C20H26NO4P. The first kappa shape index (κ1) is 20.6. The number of hydrogen-bond acceptors (Lipinski definition) is 5. The van der Waals surface area contributed by atoms with Crippen molar-refractivity contribution in [3.8, 4) is 0 Å². The summed E-state index contributed by atoms with van der Waals surface area (Å²) in [5, 5.41) is 3.18. The fourth-order valence-electron chi connectivity index (χ4n) is 2.13. The van der Waals surface area contributed by atoms with Gasteiger partial charge in [-0.25, -0.2) is 4.57 Å². The SMILES string of the molecule is C=CCCNCCOP(=O)(OCc1ccccc1)OCc1ccccc1. The Hall–Kier alpha value is -1.75. The zero-order chi connectivity index (χ0) is 18.5. The summed E-state index contributed by atoms with van der Waals surface area (Å²) in [6.45, 7) is 5.58. The van der Waals surface area contributed by atoms with Gasteiger partial charge in [-0.2, -0.15) is 0 Å². The molecule has 0 bridgehead atoms. The molecule has 2 aromatic carbocycles. The van der Waals surface area contributed by atoms with Crippen LogP contribution in [0.1, 0.15) is 17.5 Å². The van der Waals surface area contributed by atoms with Gasteiger partial charge in [-0.1, -0.05) is 66.7 Å². The lowest BCUT2D eigenvalue weighted by atomic mass is 10.2. The van der Waals surface area contributed by atoms with Gasteiger partial charge in [0.05, 0.1) is 19.8 Å². The summed E-state index contributed by atoms with van der Waals surface area (Å²) in [5.74, 6) is 0. The Kier molecular flexibility index (Phi) is 9.32. The van der Waals surface area contributed by atoms with Gasteiger partial charge in [-0.3, -0.25) is 13.6 Å². The molecule has 0 amide bonds. The summed E-state index contributed by atoms with van der Waals surface area (Å²) in [6.07, 6.45) is 2.71. The Bertz CT molecular complexity index is 631. The highest BCUT2D eigenvalue weighted by molar-refractivity contribution is 7.48. The van der Waals surface area contributed by atoms with Gasteiger partial charge in [0.15, 0.2) is 0 Å². The Morgan fingerprint density at radius 3 is 1.88 bits per heavy atom. The molecule has 140 valence electrons. The van der Waals surface area contributed by atoms with E-state index in [0.717, 1.165) is 24.1 Å². The molecule has 26 heavy (non-hydrogen) atoms. The van der Waals surface area contributed by atoms with Gasteiger partial charge in [0.25, 0.3) is 0 Å². The fourth-order valence-corrected chi connectivity index (χ4v) is 3.28. The highest BCUT2D eigenvalue weighted by Gasteiger charge is 2.26. The quantitative estimate of drug-likeness (QED) is 0.312. The molecule has 0 saturated carbocycles. The van der Waals surface area contributed by atoms with E-state index in [-0.39, 0.29) is 19.8 Å². The summed E-state index contributed by atoms with van der Waals surface area (Å²) < 4.78 is 29.5. The second-order valence-electron chi connectivity index (χ2n) is 5.63. The molecule has 0 fully saturated rings.